The van der Waals surface area contributed by atoms with Gasteiger partial charge in [-0.05, 0) is 51.9 Å². The monoisotopic (exact) mass is 447 g/mol. The number of aromatic hydroxyl groups is 1. The van der Waals surface area contributed by atoms with Crippen LogP contribution in [0.2, 0.25) is 0 Å². The maximum atomic E-state index is 13.0. The number of rotatable bonds is 8. The van der Waals surface area contributed by atoms with Crippen molar-refractivity contribution in [3.63, 3.8) is 0 Å². The van der Waals surface area contributed by atoms with E-state index >= 15 is 0 Å². The molecule has 3 heteroatoms. The molecule has 3 nitrogen and oxygen atoms in total. The summed E-state index contributed by atoms with van der Waals surface area (Å²) >= 11 is 0. The highest BCUT2D eigenvalue weighted by atomic mass is 16.3. The lowest BCUT2D eigenvalue weighted by Crippen LogP contribution is -2.28. The van der Waals surface area contributed by atoms with Crippen molar-refractivity contribution < 1.29 is 9.90 Å². The standard InChI is InChI=1S/C31H29NO2/c1-2-28(24-10-4-3-5-11-24)31(34)32-22-26-13-7-9-15-30(26)29-14-8-6-12-25(29)19-16-23-17-20-27(33)21-18-23/h3-21,28,33H,2,22H2,1H3,(H,32,34)/b19-16+/t28-/m0/s1. The topological polar surface area (TPSA) is 49.3 Å². The van der Waals surface area contributed by atoms with E-state index in [2.05, 4.69) is 35.7 Å². The third-order valence-electron chi connectivity index (χ3n) is 6.00. The second kappa shape index (κ2) is 11.2. The average molecular weight is 448 g/mol. The zero-order valence-corrected chi connectivity index (χ0v) is 19.3. The van der Waals surface area contributed by atoms with Gasteiger partial charge in [0.2, 0.25) is 5.91 Å². The molecular weight excluding hydrogens is 418 g/mol. The largest absolute Gasteiger partial charge is 0.508 e. The predicted octanol–water partition coefficient (Wildman–Crippen LogP) is 7.04. The summed E-state index contributed by atoms with van der Waals surface area (Å²) in [5.74, 6) is 0.143. The molecule has 4 rings (SSSR count). The summed E-state index contributed by atoms with van der Waals surface area (Å²) in [4.78, 5) is 13.0. The molecular formula is C31H29NO2. The fourth-order valence-corrected chi connectivity index (χ4v) is 4.16. The molecule has 0 aliphatic heterocycles. The van der Waals surface area contributed by atoms with E-state index in [1.54, 1.807) is 12.1 Å². The van der Waals surface area contributed by atoms with Crippen molar-refractivity contribution in [2.45, 2.75) is 25.8 Å². The molecule has 0 radical (unpaired) electrons. The quantitative estimate of drug-likeness (QED) is 0.285. The number of amides is 1. The Labute approximate surface area is 201 Å². The minimum Gasteiger partial charge on any atom is -0.508 e. The van der Waals surface area contributed by atoms with Crippen LogP contribution in [0.5, 0.6) is 5.75 Å². The number of carbonyl (C=O) groups excluding carboxylic acids is 1. The number of phenols is 1. The zero-order chi connectivity index (χ0) is 23.8. The van der Waals surface area contributed by atoms with Gasteiger partial charge in [-0.3, -0.25) is 4.79 Å². The molecule has 0 saturated carbocycles. The molecule has 170 valence electrons. The van der Waals surface area contributed by atoms with Crippen LogP contribution in [0.3, 0.4) is 0 Å². The van der Waals surface area contributed by atoms with Gasteiger partial charge in [0, 0.05) is 6.54 Å². The van der Waals surface area contributed by atoms with E-state index < -0.39 is 0 Å². The van der Waals surface area contributed by atoms with Crippen molar-refractivity contribution in [2.75, 3.05) is 0 Å². The lowest BCUT2D eigenvalue weighted by Gasteiger charge is -2.17. The molecule has 4 aromatic rings. The molecule has 0 unspecified atom stereocenters. The van der Waals surface area contributed by atoms with Crippen LogP contribution in [0.4, 0.5) is 0 Å². The molecule has 0 saturated heterocycles. The van der Waals surface area contributed by atoms with E-state index in [-0.39, 0.29) is 17.6 Å². The van der Waals surface area contributed by atoms with Crippen molar-refractivity contribution in [3.05, 3.63) is 125 Å². The lowest BCUT2D eigenvalue weighted by molar-refractivity contribution is -0.122. The fraction of sp³-hybridized carbons (Fsp3) is 0.129. The molecule has 0 bridgehead atoms. The Morgan fingerprint density at radius 1 is 0.794 bits per heavy atom. The van der Waals surface area contributed by atoms with Gasteiger partial charge in [-0.2, -0.15) is 0 Å². The Morgan fingerprint density at radius 3 is 2.18 bits per heavy atom. The first-order valence-electron chi connectivity index (χ1n) is 11.6. The molecule has 4 aromatic carbocycles. The highest BCUT2D eigenvalue weighted by Crippen LogP contribution is 2.29. The molecule has 1 amide bonds. The molecule has 1 atom stereocenters. The highest BCUT2D eigenvalue weighted by Gasteiger charge is 2.18. The van der Waals surface area contributed by atoms with Gasteiger partial charge in [-0.1, -0.05) is 110 Å². The van der Waals surface area contributed by atoms with Crippen LogP contribution in [0.1, 0.15) is 41.5 Å². The Hall–Kier alpha value is -4.11. The van der Waals surface area contributed by atoms with Crippen LogP contribution in [0.25, 0.3) is 23.3 Å². The van der Waals surface area contributed by atoms with Crippen molar-refractivity contribution in [1.82, 2.24) is 5.32 Å². The van der Waals surface area contributed by atoms with Crippen molar-refractivity contribution in [3.8, 4) is 16.9 Å². The van der Waals surface area contributed by atoms with Crippen LogP contribution in [0.15, 0.2) is 103 Å². The Bertz CT molecular complexity index is 1260. The predicted molar refractivity (Wildman–Crippen MR) is 140 cm³/mol. The maximum Gasteiger partial charge on any atom is 0.227 e. The zero-order valence-electron chi connectivity index (χ0n) is 19.3. The Balaban J connectivity index is 1.56. The molecule has 34 heavy (non-hydrogen) atoms. The first kappa shape index (κ1) is 23.1. The lowest BCUT2D eigenvalue weighted by atomic mass is 9.93. The first-order chi connectivity index (χ1) is 16.7. The molecule has 0 aliphatic rings. The SMILES string of the molecule is CC[C@H](C(=O)NCc1ccccc1-c1ccccc1/C=C/c1ccc(O)cc1)c1ccccc1. The number of hydrogen-bond donors (Lipinski definition) is 2. The van der Waals surface area contributed by atoms with Crippen LogP contribution >= 0.6 is 0 Å². The Morgan fingerprint density at radius 2 is 1.44 bits per heavy atom. The van der Waals surface area contributed by atoms with Crippen molar-refractivity contribution in [2.24, 2.45) is 0 Å². The molecule has 0 aliphatic carbocycles. The van der Waals surface area contributed by atoms with Crippen LogP contribution in [0, 0.1) is 0 Å². The minimum absolute atomic E-state index is 0.0454. The summed E-state index contributed by atoms with van der Waals surface area (Å²) in [6.45, 7) is 2.51. The second-order valence-corrected chi connectivity index (χ2v) is 8.26. The molecule has 0 aromatic heterocycles. The summed E-state index contributed by atoms with van der Waals surface area (Å²) in [5.41, 5.74) is 6.42. The van der Waals surface area contributed by atoms with Gasteiger partial charge >= 0.3 is 0 Å². The van der Waals surface area contributed by atoms with E-state index in [9.17, 15) is 9.90 Å². The third-order valence-corrected chi connectivity index (χ3v) is 6.00. The fourth-order valence-electron chi connectivity index (χ4n) is 4.16. The van der Waals surface area contributed by atoms with Crippen molar-refractivity contribution >= 4 is 18.1 Å². The summed E-state index contributed by atoms with van der Waals surface area (Å²) in [6.07, 6.45) is 4.87. The van der Waals surface area contributed by atoms with Gasteiger partial charge in [-0.15, -0.1) is 0 Å². The number of carbonyl (C=O) groups is 1. The minimum atomic E-state index is -0.158. The van der Waals surface area contributed by atoms with Gasteiger partial charge < -0.3 is 10.4 Å². The van der Waals surface area contributed by atoms with E-state index in [0.29, 0.717) is 6.54 Å². The number of nitrogens with one attached hydrogen (secondary N) is 1. The molecule has 0 heterocycles. The number of hydrogen-bond acceptors (Lipinski definition) is 2. The van der Waals surface area contributed by atoms with E-state index in [0.717, 1.165) is 39.8 Å². The second-order valence-electron chi connectivity index (χ2n) is 8.26. The normalized spacial score (nSPS) is 11.9. The molecule has 2 N–H and O–H groups in total. The summed E-state index contributed by atoms with van der Waals surface area (Å²) < 4.78 is 0. The van der Waals surface area contributed by atoms with E-state index in [1.165, 1.54) is 0 Å². The summed E-state index contributed by atoms with van der Waals surface area (Å²) in [7, 11) is 0. The van der Waals surface area contributed by atoms with Gasteiger partial charge in [0.1, 0.15) is 5.75 Å². The van der Waals surface area contributed by atoms with Crippen LogP contribution in [-0.2, 0) is 11.3 Å². The maximum absolute atomic E-state index is 13.0. The summed E-state index contributed by atoms with van der Waals surface area (Å²) in [6, 6.07) is 33.5. The van der Waals surface area contributed by atoms with Gasteiger partial charge in [0.05, 0.1) is 5.92 Å². The summed E-state index contributed by atoms with van der Waals surface area (Å²) in [5, 5.41) is 12.7. The van der Waals surface area contributed by atoms with Crippen LogP contribution < -0.4 is 5.32 Å². The molecule has 0 spiro atoms. The van der Waals surface area contributed by atoms with E-state index in [1.807, 2.05) is 79.7 Å². The highest BCUT2D eigenvalue weighted by molar-refractivity contribution is 5.85. The van der Waals surface area contributed by atoms with E-state index in [4.69, 9.17) is 0 Å². The number of benzene rings is 4. The molecule has 0 fully saturated rings. The van der Waals surface area contributed by atoms with Gasteiger partial charge in [0.15, 0.2) is 0 Å². The number of phenolic OH excluding ortho intramolecular Hbond substituents is 1. The third kappa shape index (κ3) is 5.62. The van der Waals surface area contributed by atoms with Crippen LogP contribution in [-0.4, -0.2) is 11.0 Å². The Kier molecular flexibility index (Phi) is 7.56. The smallest absolute Gasteiger partial charge is 0.227 e. The van der Waals surface area contributed by atoms with Crippen molar-refractivity contribution in [1.29, 1.82) is 0 Å². The first-order valence-corrected chi connectivity index (χ1v) is 11.6. The average Bonchev–Trinajstić information content (AvgIpc) is 2.88. The van der Waals surface area contributed by atoms with Gasteiger partial charge in [0.25, 0.3) is 0 Å². The van der Waals surface area contributed by atoms with Gasteiger partial charge in [-0.25, -0.2) is 0 Å².